The summed E-state index contributed by atoms with van der Waals surface area (Å²) in [6, 6.07) is 1.93. The van der Waals surface area contributed by atoms with Crippen LogP contribution in [0.15, 0.2) is 34.0 Å². The second-order valence-electron chi connectivity index (χ2n) is 6.48. The molecule has 2 saturated carbocycles. The van der Waals surface area contributed by atoms with Gasteiger partial charge in [0, 0.05) is 6.20 Å². The van der Waals surface area contributed by atoms with Crippen LogP contribution in [0.4, 0.5) is 0 Å². The Morgan fingerprint density at radius 3 is 2.78 bits per heavy atom. The van der Waals surface area contributed by atoms with Crippen molar-refractivity contribution in [2.24, 2.45) is 11.8 Å². The summed E-state index contributed by atoms with van der Waals surface area (Å²) in [6.45, 7) is 1.95. The molecular formula is C17H18N4O2. The van der Waals surface area contributed by atoms with Gasteiger partial charge in [0.15, 0.2) is 0 Å². The third kappa shape index (κ3) is 2.88. The normalized spacial score (nSPS) is 23.3. The van der Waals surface area contributed by atoms with Crippen LogP contribution in [0, 0.1) is 18.8 Å². The van der Waals surface area contributed by atoms with Gasteiger partial charge in [-0.25, -0.2) is 4.79 Å². The number of nitrogens with one attached hydrogen (secondary N) is 2. The molecule has 4 rings (SSSR count). The molecule has 2 aromatic rings. The Kier molecular flexibility index (Phi) is 3.25. The van der Waals surface area contributed by atoms with Gasteiger partial charge in [0.2, 0.25) is 0 Å². The zero-order chi connectivity index (χ0) is 16.0. The van der Waals surface area contributed by atoms with E-state index in [1.807, 2.05) is 13.0 Å². The fourth-order valence-electron chi connectivity index (χ4n) is 2.95. The molecule has 2 aromatic heterocycles. The molecule has 2 N–H and O–H groups in total. The molecule has 23 heavy (non-hydrogen) atoms. The Morgan fingerprint density at radius 1 is 1.22 bits per heavy atom. The number of H-pyrrole nitrogens is 2. The first-order valence-electron chi connectivity index (χ1n) is 7.97. The molecule has 0 bridgehead atoms. The van der Waals surface area contributed by atoms with E-state index in [0.29, 0.717) is 23.1 Å². The van der Waals surface area contributed by atoms with E-state index >= 15 is 0 Å². The third-order valence-corrected chi connectivity index (χ3v) is 4.60. The number of aryl methyl sites for hydroxylation is 1. The van der Waals surface area contributed by atoms with Crippen molar-refractivity contribution in [1.29, 1.82) is 0 Å². The molecule has 2 aliphatic carbocycles. The van der Waals surface area contributed by atoms with Crippen LogP contribution in [-0.4, -0.2) is 20.2 Å². The van der Waals surface area contributed by atoms with Crippen molar-refractivity contribution in [2.75, 3.05) is 0 Å². The van der Waals surface area contributed by atoms with Crippen LogP contribution in [0.2, 0.25) is 0 Å². The topological polar surface area (TPSA) is 91.5 Å². The first kappa shape index (κ1) is 14.1. The predicted molar refractivity (Wildman–Crippen MR) is 86.2 cm³/mol. The molecule has 0 unspecified atom stereocenters. The number of allylic oxidation sites excluding steroid dienone is 2. The van der Waals surface area contributed by atoms with Crippen molar-refractivity contribution >= 4 is 0 Å². The van der Waals surface area contributed by atoms with Gasteiger partial charge in [-0.1, -0.05) is 12.2 Å². The minimum absolute atomic E-state index is 0.337. The third-order valence-electron chi connectivity index (χ3n) is 4.60. The van der Waals surface area contributed by atoms with Crippen molar-refractivity contribution in [2.45, 2.75) is 32.1 Å². The van der Waals surface area contributed by atoms with Crippen molar-refractivity contribution in [3.8, 4) is 11.3 Å². The van der Waals surface area contributed by atoms with E-state index in [4.69, 9.17) is 0 Å². The number of nitrogens with zero attached hydrogens (tertiary/aromatic N) is 2. The lowest BCUT2D eigenvalue weighted by Gasteiger charge is -2.06. The highest BCUT2D eigenvalue weighted by Gasteiger charge is 2.38. The molecule has 2 fully saturated rings. The van der Waals surface area contributed by atoms with Crippen LogP contribution in [0.25, 0.3) is 11.3 Å². The summed E-state index contributed by atoms with van der Waals surface area (Å²) in [5, 5.41) is 8.31. The summed E-state index contributed by atoms with van der Waals surface area (Å²) in [6.07, 6.45) is 9.82. The number of rotatable bonds is 4. The smallest absolute Gasteiger partial charge is 0.313 e. The Hall–Kier alpha value is -2.50. The highest BCUT2D eigenvalue weighted by atomic mass is 16.2. The molecule has 2 aliphatic rings. The molecular weight excluding hydrogens is 292 g/mol. The Morgan fingerprint density at radius 2 is 2.04 bits per heavy atom. The van der Waals surface area contributed by atoms with E-state index in [1.165, 1.54) is 19.0 Å². The molecule has 0 amide bonds. The van der Waals surface area contributed by atoms with Gasteiger partial charge in [0.25, 0.3) is 5.56 Å². The lowest BCUT2D eigenvalue weighted by Crippen LogP contribution is -2.23. The quantitative estimate of drug-likeness (QED) is 0.844. The average Bonchev–Trinajstić information content (AvgIpc) is 3.41. The molecule has 118 valence electrons. The fraction of sp³-hybridized carbons (Fsp3) is 0.412. The van der Waals surface area contributed by atoms with Crippen LogP contribution in [-0.2, 0) is 0 Å². The average molecular weight is 310 g/mol. The Bertz CT molecular complexity index is 892. The summed E-state index contributed by atoms with van der Waals surface area (Å²) in [4.78, 5) is 27.7. The minimum Gasteiger partial charge on any atom is -0.313 e. The van der Waals surface area contributed by atoms with Gasteiger partial charge in [-0.3, -0.25) is 9.78 Å². The molecule has 0 saturated heterocycles. The van der Waals surface area contributed by atoms with Crippen LogP contribution in [0.5, 0.6) is 0 Å². The molecule has 0 radical (unpaired) electrons. The standard InChI is InChI=1S/C17H18N4O2/c1-9-12(13-6-11(13)5-4-10-2-3-10)7-15(21-20-9)14-8-18-17(23)19-16(14)22/h4-5,7-8,10-11,13H,2-3,6H2,1H3,(H2,18,19,22,23)/b5-4+/t11-,13-/m0/s1. The minimum atomic E-state index is -0.522. The van der Waals surface area contributed by atoms with Gasteiger partial charge < -0.3 is 4.98 Å². The zero-order valence-corrected chi connectivity index (χ0v) is 12.9. The van der Waals surface area contributed by atoms with E-state index < -0.39 is 11.2 Å². The van der Waals surface area contributed by atoms with Gasteiger partial charge in [0.1, 0.15) is 5.69 Å². The molecule has 0 aromatic carbocycles. The van der Waals surface area contributed by atoms with Crippen LogP contribution >= 0.6 is 0 Å². The van der Waals surface area contributed by atoms with Crippen LogP contribution < -0.4 is 11.2 Å². The molecule has 2 heterocycles. The first-order chi connectivity index (χ1) is 11.1. The molecule has 6 heteroatoms. The van der Waals surface area contributed by atoms with E-state index in [2.05, 4.69) is 32.3 Å². The van der Waals surface area contributed by atoms with E-state index in [1.54, 1.807) is 0 Å². The van der Waals surface area contributed by atoms with Gasteiger partial charge in [0.05, 0.1) is 11.3 Å². The van der Waals surface area contributed by atoms with Gasteiger partial charge in [-0.05, 0) is 55.6 Å². The number of hydrogen-bond acceptors (Lipinski definition) is 4. The predicted octanol–water partition coefficient (Wildman–Crippen LogP) is 1.90. The molecule has 0 aliphatic heterocycles. The highest BCUT2D eigenvalue weighted by Crippen LogP contribution is 2.50. The maximum atomic E-state index is 11.9. The summed E-state index contributed by atoms with van der Waals surface area (Å²) < 4.78 is 0. The van der Waals surface area contributed by atoms with Crippen LogP contribution in [0.3, 0.4) is 0 Å². The second kappa shape index (κ2) is 5.30. The fourth-order valence-corrected chi connectivity index (χ4v) is 2.95. The number of aromatic amines is 2. The van der Waals surface area contributed by atoms with Crippen LogP contribution in [0.1, 0.15) is 36.4 Å². The Labute approximate surface area is 132 Å². The largest absolute Gasteiger partial charge is 0.325 e. The van der Waals surface area contributed by atoms with Crippen molar-refractivity contribution in [3.63, 3.8) is 0 Å². The number of hydrogen-bond donors (Lipinski definition) is 2. The molecule has 0 spiro atoms. The SMILES string of the molecule is Cc1nnc(-c2c[nH]c(=O)[nH]c2=O)cc1[C@H]1C[C@@H]1/C=C/C1CC1. The van der Waals surface area contributed by atoms with E-state index in [-0.39, 0.29) is 0 Å². The number of aromatic nitrogens is 4. The summed E-state index contributed by atoms with van der Waals surface area (Å²) >= 11 is 0. The monoisotopic (exact) mass is 310 g/mol. The van der Waals surface area contributed by atoms with Crippen molar-refractivity contribution < 1.29 is 0 Å². The van der Waals surface area contributed by atoms with Gasteiger partial charge in [-0.2, -0.15) is 5.10 Å². The highest BCUT2D eigenvalue weighted by molar-refractivity contribution is 5.57. The molecule has 6 nitrogen and oxygen atoms in total. The second-order valence-corrected chi connectivity index (χ2v) is 6.48. The van der Waals surface area contributed by atoms with Gasteiger partial charge in [-0.15, -0.1) is 5.10 Å². The van der Waals surface area contributed by atoms with E-state index in [9.17, 15) is 9.59 Å². The van der Waals surface area contributed by atoms with E-state index in [0.717, 1.165) is 23.6 Å². The maximum absolute atomic E-state index is 11.9. The van der Waals surface area contributed by atoms with Crippen molar-refractivity contribution in [3.05, 3.63) is 56.5 Å². The lowest BCUT2D eigenvalue weighted by atomic mass is 10.1. The van der Waals surface area contributed by atoms with Gasteiger partial charge >= 0.3 is 5.69 Å². The summed E-state index contributed by atoms with van der Waals surface area (Å²) in [5.41, 5.74) is 1.92. The zero-order valence-electron chi connectivity index (χ0n) is 12.9. The lowest BCUT2D eigenvalue weighted by molar-refractivity contribution is 0.903. The first-order valence-corrected chi connectivity index (χ1v) is 7.97. The van der Waals surface area contributed by atoms with Crippen molar-refractivity contribution in [1.82, 2.24) is 20.2 Å². The summed E-state index contributed by atoms with van der Waals surface area (Å²) in [7, 11) is 0. The maximum Gasteiger partial charge on any atom is 0.325 e. The molecule has 2 atom stereocenters. The Balaban J connectivity index is 1.63. The summed E-state index contributed by atoms with van der Waals surface area (Å²) in [5.74, 6) is 1.82.